The second-order valence-corrected chi connectivity index (χ2v) is 4.56. The average Bonchev–Trinajstić information content (AvgIpc) is 2.94. The molecule has 2 aromatic rings. The van der Waals surface area contributed by atoms with Gasteiger partial charge in [-0.25, -0.2) is 0 Å². The van der Waals surface area contributed by atoms with E-state index in [-0.39, 0.29) is 6.04 Å². The molecule has 5 heteroatoms. The predicted octanol–water partition coefficient (Wildman–Crippen LogP) is 2.86. The molecule has 16 heavy (non-hydrogen) atoms. The van der Waals surface area contributed by atoms with Crippen LogP contribution in [-0.2, 0) is 0 Å². The van der Waals surface area contributed by atoms with E-state index in [2.05, 4.69) is 22.4 Å². The maximum absolute atomic E-state index is 5.23. The number of hydrogen-bond donors (Lipinski definition) is 1. The summed E-state index contributed by atoms with van der Waals surface area (Å²) in [6.45, 7) is 5.11. The van der Waals surface area contributed by atoms with Crippen molar-refractivity contribution in [3.8, 4) is 10.7 Å². The summed E-state index contributed by atoms with van der Waals surface area (Å²) in [6.07, 6.45) is 1.09. The predicted molar refractivity (Wildman–Crippen MR) is 64.3 cm³/mol. The van der Waals surface area contributed by atoms with Gasteiger partial charge in [0.2, 0.25) is 11.7 Å². The lowest BCUT2D eigenvalue weighted by Gasteiger charge is -2.06. The van der Waals surface area contributed by atoms with E-state index >= 15 is 0 Å². The third-order valence-electron chi connectivity index (χ3n) is 2.25. The summed E-state index contributed by atoms with van der Waals surface area (Å²) in [4.78, 5) is 5.42. The summed E-state index contributed by atoms with van der Waals surface area (Å²) >= 11 is 1.61. The lowest BCUT2D eigenvalue weighted by atomic mass is 10.3. The number of aromatic nitrogens is 2. The Morgan fingerprint density at radius 1 is 1.56 bits per heavy atom. The monoisotopic (exact) mass is 237 g/mol. The molecule has 0 spiro atoms. The molecule has 0 aliphatic rings. The third kappa shape index (κ3) is 2.48. The highest BCUT2D eigenvalue weighted by atomic mass is 32.1. The number of thiophene rings is 1. The molecule has 86 valence electrons. The lowest BCUT2D eigenvalue weighted by molar-refractivity contribution is 0.340. The quantitative estimate of drug-likeness (QED) is 0.868. The first-order chi connectivity index (χ1) is 7.81. The van der Waals surface area contributed by atoms with Crippen LogP contribution in [0.5, 0.6) is 0 Å². The van der Waals surface area contributed by atoms with Gasteiger partial charge in [-0.15, -0.1) is 11.3 Å². The van der Waals surface area contributed by atoms with E-state index in [0.717, 1.165) is 17.8 Å². The SMILES string of the molecule is CCCNC(C)c1nc(-c2cccs2)no1. The maximum atomic E-state index is 5.23. The van der Waals surface area contributed by atoms with Crippen LogP contribution in [0.3, 0.4) is 0 Å². The van der Waals surface area contributed by atoms with Crippen molar-refractivity contribution < 1.29 is 4.52 Å². The molecule has 0 saturated carbocycles. The topological polar surface area (TPSA) is 51.0 Å². The zero-order valence-electron chi connectivity index (χ0n) is 9.43. The Bertz CT molecular complexity index is 424. The van der Waals surface area contributed by atoms with Gasteiger partial charge in [0.15, 0.2) is 0 Å². The molecular formula is C11H15N3OS. The van der Waals surface area contributed by atoms with Crippen molar-refractivity contribution in [1.29, 1.82) is 0 Å². The molecule has 2 rings (SSSR count). The molecule has 2 aromatic heterocycles. The summed E-state index contributed by atoms with van der Waals surface area (Å²) in [5.74, 6) is 1.33. The summed E-state index contributed by atoms with van der Waals surface area (Å²) in [5, 5.41) is 9.29. The molecule has 0 aliphatic carbocycles. The summed E-state index contributed by atoms with van der Waals surface area (Å²) in [5.41, 5.74) is 0. The highest BCUT2D eigenvalue weighted by Gasteiger charge is 2.14. The van der Waals surface area contributed by atoms with Crippen molar-refractivity contribution in [1.82, 2.24) is 15.5 Å². The molecule has 0 aliphatic heterocycles. The summed E-state index contributed by atoms with van der Waals surface area (Å²) < 4.78 is 5.23. The molecular weight excluding hydrogens is 222 g/mol. The van der Waals surface area contributed by atoms with Crippen LogP contribution in [0.4, 0.5) is 0 Å². The smallest absolute Gasteiger partial charge is 0.243 e. The number of nitrogens with one attached hydrogen (secondary N) is 1. The van der Waals surface area contributed by atoms with Gasteiger partial charge in [-0.05, 0) is 31.3 Å². The molecule has 0 amide bonds. The van der Waals surface area contributed by atoms with Crippen LogP contribution in [0.15, 0.2) is 22.0 Å². The Hall–Kier alpha value is -1.20. The lowest BCUT2D eigenvalue weighted by Crippen LogP contribution is -2.19. The van der Waals surface area contributed by atoms with E-state index in [1.807, 2.05) is 24.4 Å². The molecule has 1 unspecified atom stereocenters. The number of rotatable bonds is 5. The van der Waals surface area contributed by atoms with Gasteiger partial charge in [-0.3, -0.25) is 0 Å². The van der Waals surface area contributed by atoms with Gasteiger partial charge in [0.1, 0.15) is 0 Å². The van der Waals surface area contributed by atoms with Crippen molar-refractivity contribution in [2.75, 3.05) is 6.54 Å². The Balaban J connectivity index is 2.07. The molecule has 0 bridgehead atoms. The molecule has 2 heterocycles. The first-order valence-electron chi connectivity index (χ1n) is 5.42. The highest BCUT2D eigenvalue weighted by Crippen LogP contribution is 2.22. The zero-order chi connectivity index (χ0) is 11.4. The van der Waals surface area contributed by atoms with E-state index in [4.69, 9.17) is 4.52 Å². The van der Waals surface area contributed by atoms with Gasteiger partial charge in [0.05, 0.1) is 10.9 Å². The fraction of sp³-hybridized carbons (Fsp3) is 0.455. The van der Waals surface area contributed by atoms with Crippen molar-refractivity contribution in [3.63, 3.8) is 0 Å². The molecule has 1 N–H and O–H groups in total. The first-order valence-corrected chi connectivity index (χ1v) is 6.30. The van der Waals surface area contributed by atoms with Crippen molar-refractivity contribution in [2.24, 2.45) is 0 Å². The fourth-order valence-corrected chi connectivity index (χ4v) is 2.01. The molecule has 0 radical (unpaired) electrons. The molecule has 0 aromatic carbocycles. The fourth-order valence-electron chi connectivity index (χ4n) is 1.37. The van der Waals surface area contributed by atoms with Gasteiger partial charge in [-0.2, -0.15) is 4.98 Å². The minimum absolute atomic E-state index is 0.112. The largest absolute Gasteiger partial charge is 0.337 e. The molecule has 0 saturated heterocycles. The second-order valence-electron chi connectivity index (χ2n) is 3.61. The number of hydrogen-bond acceptors (Lipinski definition) is 5. The Labute approximate surface area is 98.7 Å². The van der Waals surface area contributed by atoms with E-state index in [9.17, 15) is 0 Å². The van der Waals surface area contributed by atoms with Crippen LogP contribution < -0.4 is 5.32 Å². The summed E-state index contributed by atoms with van der Waals surface area (Å²) in [7, 11) is 0. The van der Waals surface area contributed by atoms with Crippen LogP contribution in [0.2, 0.25) is 0 Å². The minimum atomic E-state index is 0.112. The van der Waals surface area contributed by atoms with E-state index in [1.165, 1.54) is 0 Å². The average molecular weight is 237 g/mol. The van der Waals surface area contributed by atoms with Gasteiger partial charge >= 0.3 is 0 Å². The van der Waals surface area contributed by atoms with Gasteiger partial charge in [0.25, 0.3) is 0 Å². The van der Waals surface area contributed by atoms with Crippen LogP contribution in [0.25, 0.3) is 10.7 Å². The van der Waals surface area contributed by atoms with Crippen LogP contribution >= 0.6 is 11.3 Å². The van der Waals surface area contributed by atoms with Crippen molar-refractivity contribution in [2.45, 2.75) is 26.3 Å². The van der Waals surface area contributed by atoms with Crippen LogP contribution in [0.1, 0.15) is 32.2 Å². The van der Waals surface area contributed by atoms with Gasteiger partial charge < -0.3 is 9.84 Å². The molecule has 0 fully saturated rings. The summed E-state index contributed by atoms with van der Waals surface area (Å²) in [6, 6.07) is 4.08. The normalized spacial score (nSPS) is 12.9. The van der Waals surface area contributed by atoms with E-state index < -0.39 is 0 Å². The van der Waals surface area contributed by atoms with E-state index in [1.54, 1.807) is 11.3 Å². The Morgan fingerprint density at radius 2 is 2.44 bits per heavy atom. The first kappa shape index (κ1) is 11.3. The molecule has 4 nitrogen and oxygen atoms in total. The molecule has 1 atom stereocenters. The van der Waals surface area contributed by atoms with Crippen molar-refractivity contribution >= 4 is 11.3 Å². The van der Waals surface area contributed by atoms with Gasteiger partial charge in [0, 0.05) is 0 Å². The number of nitrogens with zero attached hydrogens (tertiary/aromatic N) is 2. The standard InChI is InChI=1S/C11H15N3OS/c1-3-6-12-8(2)11-13-10(14-15-11)9-5-4-7-16-9/h4-5,7-8,12H,3,6H2,1-2H3. The zero-order valence-corrected chi connectivity index (χ0v) is 10.3. The second kappa shape index (κ2) is 5.23. The van der Waals surface area contributed by atoms with Crippen molar-refractivity contribution in [3.05, 3.63) is 23.4 Å². The van der Waals surface area contributed by atoms with Gasteiger partial charge in [-0.1, -0.05) is 18.1 Å². The Kier molecular flexibility index (Phi) is 3.69. The third-order valence-corrected chi connectivity index (χ3v) is 3.12. The van der Waals surface area contributed by atoms with Crippen LogP contribution in [0, 0.1) is 0 Å². The Morgan fingerprint density at radius 3 is 3.12 bits per heavy atom. The maximum Gasteiger partial charge on any atom is 0.243 e. The van der Waals surface area contributed by atoms with E-state index in [0.29, 0.717) is 11.7 Å². The van der Waals surface area contributed by atoms with Crippen LogP contribution in [-0.4, -0.2) is 16.7 Å². The highest BCUT2D eigenvalue weighted by molar-refractivity contribution is 7.13. The minimum Gasteiger partial charge on any atom is -0.337 e.